The van der Waals surface area contributed by atoms with E-state index in [-0.39, 0.29) is 5.78 Å². The molecule has 4 rings (SSSR count). The van der Waals surface area contributed by atoms with Gasteiger partial charge in [-0.05, 0) is 30.5 Å². The predicted molar refractivity (Wildman–Crippen MR) is 93.3 cm³/mol. The quantitative estimate of drug-likeness (QED) is 0.771. The minimum Gasteiger partial charge on any atom is -0.497 e. The van der Waals surface area contributed by atoms with E-state index in [0.29, 0.717) is 17.7 Å². The lowest BCUT2D eigenvalue weighted by molar-refractivity contribution is 0.0973. The van der Waals surface area contributed by atoms with Crippen molar-refractivity contribution in [1.29, 1.82) is 0 Å². The van der Waals surface area contributed by atoms with Gasteiger partial charge in [-0.15, -0.1) is 11.3 Å². The van der Waals surface area contributed by atoms with Crippen LogP contribution in [0.5, 0.6) is 5.75 Å². The average molecular weight is 324 g/mol. The van der Waals surface area contributed by atoms with Crippen molar-refractivity contribution in [2.24, 2.45) is 0 Å². The Bertz CT molecular complexity index is 913. The number of Topliss-reactive ketones (excluding diaryl/α,β-unsaturated/α-hetero) is 1. The number of aryl methyl sites for hydroxylation is 1. The van der Waals surface area contributed by atoms with Gasteiger partial charge < -0.3 is 10.5 Å². The maximum atomic E-state index is 12.3. The Morgan fingerprint density at radius 1 is 1.22 bits per heavy atom. The molecule has 0 bridgehead atoms. The number of benzene rings is 1. The third-order valence-electron chi connectivity index (χ3n) is 4.33. The number of nitrogens with zero attached hydrogens (tertiary/aromatic N) is 1. The van der Waals surface area contributed by atoms with Gasteiger partial charge in [0, 0.05) is 22.8 Å². The minimum absolute atomic E-state index is 0.116. The lowest BCUT2D eigenvalue weighted by atomic mass is 9.91. The number of hydrogen-bond acceptors (Lipinski definition) is 5. The van der Waals surface area contributed by atoms with Gasteiger partial charge in [0.1, 0.15) is 10.6 Å². The Morgan fingerprint density at radius 3 is 2.74 bits per heavy atom. The van der Waals surface area contributed by atoms with E-state index in [1.807, 2.05) is 24.3 Å². The topological polar surface area (TPSA) is 65.2 Å². The van der Waals surface area contributed by atoms with Gasteiger partial charge in [0.25, 0.3) is 0 Å². The molecular formula is C18H16N2O2S. The van der Waals surface area contributed by atoms with E-state index in [2.05, 4.69) is 5.38 Å². The fraction of sp³-hybridized carbons (Fsp3) is 0.222. The van der Waals surface area contributed by atoms with Gasteiger partial charge in [0.2, 0.25) is 0 Å². The Morgan fingerprint density at radius 2 is 2.00 bits per heavy atom. The van der Waals surface area contributed by atoms with Gasteiger partial charge in [-0.1, -0.05) is 12.1 Å². The highest BCUT2D eigenvalue weighted by molar-refractivity contribution is 7.17. The molecule has 1 aliphatic carbocycles. The zero-order valence-corrected chi connectivity index (χ0v) is 13.6. The standard InChI is InChI=1S/C18H16N2O2S/c1-22-11-7-5-10(6-8-11)12-9-23-18-15(12)17(19)16-13(20-18)3-2-4-14(16)21/h5-9H,2-4H2,1H3,(H2,19,20). The van der Waals surface area contributed by atoms with Crippen LogP contribution in [0.1, 0.15) is 28.9 Å². The van der Waals surface area contributed by atoms with Crippen molar-refractivity contribution in [2.45, 2.75) is 19.3 Å². The molecule has 0 unspecified atom stereocenters. The number of methoxy groups -OCH3 is 1. The summed E-state index contributed by atoms with van der Waals surface area (Å²) >= 11 is 1.57. The molecule has 2 heterocycles. The summed E-state index contributed by atoms with van der Waals surface area (Å²) in [6.45, 7) is 0. The molecule has 3 aromatic rings. The van der Waals surface area contributed by atoms with E-state index in [1.54, 1.807) is 18.4 Å². The van der Waals surface area contributed by atoms with Crippen LogP contribution in [0.25, 0.3) is 21.3 Å². The first-order valence-electron chi connectivity index (χ1n) is 7.56. The molecule has 0 saturated carbocycles. The highest BCUT2D eigenvalue weighted by atomic mass is 32.1. The number of ether oxygens (including phenoxy) is 1. The molecule has 5 heteroatoms. The molecule has 23 heavy (non-hydrogen) atoms. The van der Waals surface area contributed by atoms with Crippen LogP contribution in [0.2, 0.25) is 0 Å². The molecule has 0 saturated heterocycles. The number of hydrogen-bond donors (Lipinski definition) is 1. The second-order valence-corrected chi connectivity index (χ2v) is 6.54. The molecule has 0 fully saturated rings. The van der Waals surface area contributed by atoms with Crippen LogP contribution in [0.3, 0.4) is 0 Å². The number of ketones is 1. The summed E-state index contributed by atoms with van der Waals surface area (Å²) in [6, 6.07) is 7.85. The summed E-state index contributed by atoms with van der Waals surface area (Å²) < 4.78 is 5.21. The SMILES string of the molecule is COc1ccc(-c2csc3nc4c(c(N)c23)C(=O)CCC4)cc1. The van der Waals surface area contributed by atoms with Crippen LogP contribution in [0.4, 0.5) is 5.69 Å². The summed E-state index contributed by atoms with van der Waals surface area (Å²) in [5, 5.41) is 2.96. The van der Waals surface area contributed by atoms with E-state index >= 15 is 0 Å². The Kier molecular flexibility index (Phi) is 3.31. The molecule has 0 aliphatic heterocycles. The number of anilines is 1. The fourth-order valence-electron chi connectivity index (χ4n) is 3.17. The van der Waals surface area contributed by atoms with Gasteiger partial charge in [0.05, 0.1) is 24.1 Å². The van der Waals surface area contributed by atoms with E-state index < -0.39 is 0 Å². The van der Waals surface area contributed by atoms with Gasteiger partial charge >= 0.3 is 0 Å². The molecule has 116 valence electrons. The molecule has 0 radical (unpaired) electrons. The Balaban J connectivity index is 1.94. The second kappa shape index (κ2) is 5.35. The lowest BCUT2D eigenvalue weighted by Gasteiger charge is -2.16. The van der Waals surface area contributed by atoms with Crippen molar-refractivity contribution in [1.82, 2.24) is 4.98 Å². The summed E-state index contributed by atoms with van der Waals surface area (Å²) in [7, 11) is 1.65. The number of pyridine rings is 1. The van der Waals surface area contributed by atoms with Crippen LogP contribution in [0, 0.1) is 0 Å². The zero-order chi connectivity index (χ0) is 16.0. The molecule has 2 N–H and O–H groups in total. The van der Waals surface area contributed by atoms with E-state index in [4.69, 9.17) is 15.5 Å². The number of nitrogen functional groups attached to an aromatic ring is 1. The predicted octanol–water partition coefficient (Wildman–Crippen LogP) is 4.07. The number of carbonyl (C=O) groups is 1. The second-order valence-electron chi connectivity index (χ2n) is 5.68. The molecule has 2 aromatic heterocycles. The van der Waals surface area contributed by atoms with Crippen molar-refractivity contribution in [3.8, 4) is 16.9 Å². The molecule has 0 spiro atoms. The van der Waals surface area contributed by atoms with Crippen LogP contribution in [-0.2, 0) is 6.42 Å². The highest BCUT2D eigenvalue weighted by Crippen LogP contribution is 2.40. The molecular weight excluding hydrogens is 308 g/mol. The smallest absolute Gasteiger partial charge is 0.166 e. The first-order chi connectivity index (χ1) is 11.2. The van der Waals surface area contributed by atoms with Crippen LogP contribution in [0.15, 0.2) is 29.6 Å². The van der Waals surface area contributed by atoms with E-state index in [9.17, 15) is 4.79 Å². The van der Waals surface area contributed by atoms with E-state index in [0.717, 1.165) is 45.6 Å². The normalized spacial score (nSPS) is 14.0. The van der Waals surface area contributed by atoms with Gasteiger partial charge in [0.15, 0.2) is 5.78 Å². The number of carbonyl (C=O) groups excluding carboxylic acids is 1. The van der Waals surface area contributed by atoms with Gasteiger partial charge in [-0.3, -0.25) is 4.79 Å². The fourth-order valence-corrected chi connectivity index (χ4v) is 4.15. The summed E-state index contributed by atoms with van der Waals surface area (Å²) in [6.07, 6.45) is 2.25. The monoisotopic (exact) mass is 324 g/mol. The number of thiophene rings is 1. The molecule has 4 nitrogen and oxygen atoms in total. The van der Waals surface area contributed by atoms with Crippen molar-refractivity contribution in [3.63, 3.8) is 0 Å². The van der Waals surface area contributed by atoms with Gasteiger partial charge in [-0.25, -0.2) is 4.98 Å². The van der Waals surface area contributed by atoms with Crippen molar-refractivity contribution >= 4 is 33.0 Å². The minimum atomic E-state index is 0.116. The maximum absolute atomic E-state index is 12.3. The average Bonchev–Trinajstić information content (AvgIpc) is 2.99. The molecule has 1 aromatic carbocycles. The summed E-state index contributed by atoms with van der Waals surface area (Å²) in [5.41, 5.74) is 10.5. The van der Waals surface area contributed by atoms with E-state index in [1.165, 1.54) is 0 Å². The molecule has 1 aliphatic rings. The third kappa shape index (κ3) is 2.19. The lowest BCUT2D eigenvalue weighted by Crippen LogP contribution is -2.15. The first kappa shape index (κ1) is 14.2. The number of aromatic nitrogens is 1. The van der Waals surface area contributed by atoms with Crippen molar-refractivity contribution in [2.75, 3.05) is 12.8 Å². The number of nitrogens with two attached hydrogens (primary N) is 1. The molecule has 0 amide bonds. The third-order valence-corrected chi connectivity index (χ3v) is 5.20. The number of rotatable bonds is 2. The van der Waals surface area contributed by atoms with Crippen LogP contribution in [-0.4, -0.2) is 17.9 Å². The Hall–Kier alpha value is -2.40. The zero-order valence-electron chi connectivity index (χ0n) is 12.8. The Labute approximate surface area is 137 Å². The summed E-state index contributed by atoms with van der Waals surface area (Å²) in [4.78, 5) is 17.9. The van der Waals surface area contributed by atoms with Crippen molar-refractivity contribution in [3.05, 3.63) is 40.9 Å². The molecule has 0 atom stereocenters. The maximum Gasteiger partial charge on any atom is 0.166 e. The van der Waals surface area contributed by atoms with Crippen LogP contribution >= 0.6 is 11.3 Å². The van der Waals surface area contributed by atoms with Crippen LogP contribution < -0.4 is 10.5 Å². The largest absolute Gasteiger partial charge is 0.497 e. The van der Waals surface area contributed by atoms with Gasteiger partial charge in [-0.2, -0.15) is 0 Å². The summed E-state index contributed by atoms with van der Waals surface area (Å²) in [5.74, 6) is 0.928. The van der Waals surface area contributed by atoms with Crippen molar-refractivity contribution < 1.29 is 9.53 Å². The first-order valence-corrected chi connectivity index (χ1v) is 8.44. The number of fused-ring (bicyclic) bond motifs is 2. The highest BCUT2D eigenvalue weighted by Gasteiger charge is 2.25.